The lowest BCUT2D eigenvalue weighted by molar-refractivity contribution is 0.410. The Kier molecular flexibility index (Phi) is 2.26. The highest BCUT2D eigenvalue weighted by Crippen LogP contribution is 2.16. The molecule has 0 aromatic carbocycles. The average molecular weight is 136 g/mol. The van der Waals surface area contributed by atoms with Gasteiger partial charge < -0.3 is 4.74 Å². The first-order chi connectivity index (χ1) is 4.88. The molecule has 0 aliphatic heterocycles. The molecule has 0 fully saturated rings. The van der Waals surface area contributed by atoms with Crippen molar-refractivity contribution >= 4 is 0 Å². The van der Waals surface area contributed by atoms with Gasteiger partial charge in [0, 0.05) is 11.8 Å². The number of methoxy groups -OCH3 is 1. The SMILES string of the molecule is C[CH]c1ccncc1OC. The third-order valence-corrected chi connectivity index (χ3v) is 1.35. The topological polar surface area (TPSA) is 22.1 Å². The van der Waals surface area contributed by atoms with Gasteiger partial charge in [-0.15, -0.1) is 0 Å². The third kappa shape index (κ3) is 1.26. The highest BCUT2D eigenvalue weighted by Gasteiger charge is 1.96. The number of hydrogen-bond donors (Lipinski definition) is 0. The van der Waals surface area contributed by atoms with Crippen LogP contribution in [-0.2, 0) is 0 Å². The summed E-state index contributed by atoms with van der Waals surface area (Å²) >= 11 is 0. The Bertz CT molecular complexity index is 187. The first-order valence-corrected chi connectivity index (χ1v) is 3.16. The Balaban J connectivity index is 2.96. The fraction of sp³-hybridized carbons (Fsp3) is 0.250. The van der Waals surface area contributed by atoms with Crippen LogP contribution in [0.2, 0.25) is 0 Å². The van der Waals surface area contributed by atoms with Gasteiger partial charge in [-0.2, -0.15) is 0 Å². The quantitative estimate of drug-likeness (QED) is 0.616. The van der Waals surface area contributed by atoms with Crippen molar-refractivity contribution in [3.63, 3.8) is 0 Å². The molecule has 0 saturated carbocycles. The van der Waals surface area contributed by atoms with Crippen LogP contribution in [0, 0.1) is 6.42 Å². The molecule has 1 rings (SSSR count). The molecule has 0 saturated heterocycles. The summed E-state index contributed by atoms with van der Waals surface area (Å²) in [5, 5.41) is 0. The van der Waals surface area contributed by atoms with E-state index in [9.17, 15) is 0 Å². The van der Waals surface area contributed by atoms with E-state index in [1.165, 1.54) is 0 Å². The van der Waals surface area contributed by atoms with E-state index in [0.717, 1.165) is 11.3 Å². The van der Waals surface area contributed by atoms with Crippen LogP contribution in [0.3, 0.4) is 0 Å². The van der Waals surface area contributed by atoms with Gasteiger partial charge in [0.05, 0.1) is 13.3 Å². The zero-order chi connectivity index (χ0) is 7.40. The highest BCUT2D eigenvalue weighted by molar-refractivity contribution is 5.34. The second-order valence-corrected chi connectivity index (χ2v) is 1.91. The molecule has 1 aromatic heterocycles. The second kappa shape index (κ2) is 3.20. The summed E-state index contributed by atoms with van der Waals surface area (Å²) in [6.45, 7) is 1.97. The molecule has 0 amide bonds. The largest absolute Gasteiger partial charge is 0.495 e. The van der Waals surface area contributed by atoms with Crippen LogP contribution in [0.5, 0.6) is 5.75 Å². The lowest BCUT2D eigenvalue weighted by atomic mass is 10.2. The number of nitrogens with zero attached hydrogens (tertiary/aromatic N) is 1. The molecule has 2 heteroatoms. The first kappa shape index (κ1) is 7.06. The predicted molar refractivity (Wildman–Crippen MR) is 39.9 cm³/mol. The van der Waals surface area contributed by atoms with Crippen molar-refractivity contribution in [1.82, 2.24) is 4.98 Å². The highest BCUT2D eigenvalue weighted by atomic mass is 16.5. The van der Waals surface area contributed by atoms with E-state index >= 15 is 0 Å². The van der Waals surface area contributed by atoms with Crippen molar-refractivity contribution in [2.24, 2.45) is 0 Å². The Hall–Kier alpha value is -1.05. The molecular weight excluding hydrogens is 126 g/mol. The van der Waals surface area contributed by atoms with E-state index < -0.39 is 0 Å². The van der Waals surface area contributed by atoms with Crippen LogP contribution in [-0.4, -0.2) is 12.1 Å². The van der Waals surface area contributed by atoms with E-state index in [-0.39, 0.29) is 0 Å². The van der Waals surface area contributed by atoms with Crippen molar-refractivity contribution in [2.45, 2.75) is 6.92 Å². The lowest BCUT2D eigenvalue weighted by Crippen LogP contribution is -1.88. The van der Waals surface area contributed by atoms with Crippen LogP contribution < -0.4 is 4.74 Å². The fourth-order valence-corrected chi connectivity index (χ4v) is 0.800. The monoisotopic (exact) mass is 136 g/mol. The Morgan fingerprint density at radius 1 is 1.60 bits per heavy atom. The van der Waals surface area contributed by atoms with Crippen molar-refractivity contribution in [3.8, 4) is 5.75 Å². The van der Waals surface area contributed by atoms with E-state index in [2.05, 4.69) is 4.98 Å². The minimum Gasteiger partial charge on any atom is -0.495 e. The van der Waals surface area contributed by atoms with E-state index in [4.69, 9.17) is 4.74 Å². The van der Waals surface area contributed by atoms with Gasteiger partial charge in [0.2, 0.25) is 0 Å². The third-order valence-electron chi connectivity index (χ3n) is 1.35. The van der Waals surface area contributed by atoms with Crippen molar-refractivity contribution in [3.05, 3.63) is 30.4 Å². The molecule has 0 N–H and O–H groups in total. The maximum absolute atomic E-state index is 5.04. The summed E-state index contributed by atoms with van der Waals surface area (Å²) in [7, 11) is 1.64. The molecule has 0 atom stereocenters. The molecule has 10 heavy (non-hydrogen) atoms. The first-order valence-electron chi connectivity index (χ1n) is 3.16. The smallest absolute Gasteiger partial charge is 0.140 e. The van der Waals surface area contributed by atoms with E-state index in [0.29, 0.717) is 0 Å². The van der Waals surface area contributed by atoms with Crippen molar-refractivity contribution in [2.75, 3.05) is 7.11 Å². The normalized spacial score (nSPS) is 9.40. The van der Waals surface area contributed by atoms with Crippen molar-refractivity contribution < 1.29 is 4.74 Å². The average Bonchev–Trinajstić information content (AvgIpc) is 2.04. The summed E-state index contributed by atoms with van der Waals surface area (Å²) < 4.78 is 5.04. The number of rotatable bonds is 2. The number of pyridine rings is 1. The Morgan fingerprint density at radius 2 is 2.40 bits per heavy atom. The zero-order valence-electron chi connectivity index (χ0n) is 6.16. The molecule has 1 radical (unpaired) electrons. The molecule has 0 bridgehead atoms. The molecule has 0 aliphatic rings. The molecule has 2 nitrogen and oxygen atoms in total. The van der Waals surface area contributed by atoms with E-state index in [1.54, 1.807) is 19.5 Å². The minimum absolute atomic E-state index is 0.824. The van der Waals surface area contributed by atoms with Gasteiger partial charge in [0.25, 0.3) is 0 Å². The van der Waals surface area contributed by atoms with Gasteiger partial charge >= 0.3 is 0 Å². The molecule has 0 spiro atoms. The summed E-state index contributed by atoms with van der Waals surface area (Å²) in [6.07, 6.45) is 5.44. The lowest BCUT2D eigenvalue weighted by Gasteiger charge is -2.02. The van der Waals surface area contributed by atoms with Crippen LogP contribution in [0.25, 0.3) is 0 Å². The predicted octanol–water partition coefficient (Wildman–Crippen LogP) is 1.66. The Labute approximate surface area is 60.9 Å². The molecule has 0 aliphatic carbocycles. The summed E-state index contributed by atoms with van der Waals surface area (Å²) in [6, 6.07) is 1.92. The summed E-state index contributed by atoms with van der Waals surface area (Å²) in [4.78, 5) is 3.92. The van der Waals surface area contributed by atoms with Gasteiger partial charge in [0.15, 0.2) is 0 Å². The minimum atomic E-state index is 0.824. The van der Waals surface area contributed by atoms with E-state index in [1.807, 2.05) is 19.4 Å². The van der Waals surface area contributed by atoms with Gasteiger partial charge in [-0.05, 0) is 12.5 Å². The Morgan fingerprint density at radius 3 is 2.90 bits per heavy atom. The fourth-order valence-electron chi connectivity index (χ4n) is 0.800. The van der Waals surface area contributed by atoms with Crippen LogP contribution >= 0.6 is 0 Å². The van der Waals surface area contributed by atoms with Gasteiger partial charge in [-0.25, -0.2) is 0 Å². The molecule has 53 valence electrons. The van der Waals surface area contributed by atoms with Crippen LogP contribution in [0.15, 0.2) is 18.5 Å². The molecule has 1 aromatic rings. The zero-order valence-corrected chi connectivity index (χ0v) is 6.16. The van der Waals surface area contributed by atoms with Crippen molar-refractivity contribution in [1.29, 1.82) is 0 Å². The number of aromatic nitrogens is 1. The van der Waals surface area contributed by atoms with Gasteiger partial charge in [-0.1, -0.05) is 6.92 Å². The molecule has 0 unspecified atom stereocenters. The molecule has 1 heterocycles. The molecular formula is C8H10NO. The maximum Gasteiger partial charge on any atom is 0.140 e. The van der Waals surface area contributed by atoms with Gasteiger partial charge in [-0.3, -0.25) is 4.98 Å². The summed E-state index contributed by atoms with van der Waals surface area (Å²) in [5.74, 6) is 0.824. The number of ether oxygens (including phenoxy) is 1. The van der Waals surface area contributed by atoms with Crippen LogP contribution in [0.4, 0.5) is 0 Å². The second-order valence-electron chi connectivity index (χ2n) is 1.91. The van der Waals surface area contributed by atoms with Crippen LogP contribution in [0.1, 0.15) is 12.5 Å². The van der Waals surface area contributed by atoms with Gasteiger partial charge in [0.1, 0.15) is 5.75 Å². The standard InChI is InChI=1S/C8H10NO/c1-3-7-4-5-9-6-8(7)10-2/h3-6H,1-2H3. The number of hydrogen-bond acceptors (Lipinski definition) is 2. The maximum atomic E-state index is 5.04. The summed E-state index contributed by atoms with van der Waals surface area (Å²) in [5.41, 5.74) is 1.08.